The molecule has 0 aromatic carbocycles. The monoisotopic (exact) mass is 405 g/mol. The second-order valence-corrected chi connectivity index (χ2v) is 9.52. The van der Waals surface area contributed by atoms with Gasteiger partial charge < -0.3 is 23.8 Å². The van der Waals surface area contributed by atoms with Gasteiger partial charge in [0, 0.05) is 38.9 Å². The summed E-state index contributed by atoms with van der Waals surface area (Å²) in [6, 6.07) is 0. The van der Waals surface area contributed by atoms with E-state index in [4.69, 9.17) is 14.0 Å². The maximum absolute atomic E-state index is 12.2. The van der Waals surface area contributed by atoms with E-state index in [9.17, 15) is 4.79 Å². The molecule has 0 aromatic rings. The number of hydrogen-bond acceptors (Lipinski definition) is 6. The van der Waals surface area contributed by atoms with Crippen molar-refractivity contribution in [3.05, 3.63) is 24.4 Å². The Morgan fingerprint density at radius 1 is 1.03 bits per heavy atom. The van der Waals surface area contributed by atoms with Gasteiger partial charge in [-0.15, -0.1) is 0 Å². The number of aliphatic imine (C=N–C) groups is 1. The number of hydrogen-bond donors (Lipinski definition) is 0. The zero-order valence-corrected chi connectivity index (χ0v) is 19.2. The van der Waals surface area contributed by atoms with E-state index in [0.717, 1.165) is 11.3 Å². The van der Waals surface area contributed by atoms with Crippen molar-refractivity contribution in [2.45, 2.75) is 65.3 Å². The average molecular weight is 405 g/mol. The van der Waals surface area contributed by atoms with E-state index in [0.29, 0.717) is 26.2 Å². The Kier molecular flexibility index (Phi) is 6.90. The minimum atomic E-state index is -0.502. The third kappa shape index (κ3) is 5.86. The van der Waals surface area contributed by atoms with Crippen LogP contribution in [0.5, 0.6) is 0 Å². The lowest BCUT2D eigenvalue weighted by Crippen LogP contribution is -2.49. The van der Waals surface area contributed by atoms with Crippen LogP contribution in [0.3, 0.4) is 0 Å². The second kappa shape index (κ2) is 8.52. The highest BCUT2D eigenvalue weighted by molar-refractivity contribution is 6.84. The molecule has 2 rings (SSSR count). The van der Waals surface area contributed by atoms with Crippen LogP contribution in [-0.4, -0.2) is 78.7 Å². The standard InChI is InChI=1S/C21H36BN3O4/c1-16(24-12-14-25(15-13-24)18(26)27-19(2,3)4)10-11-17(23-9)22-28-20(5,6)21(7,8)29-22/h10-11H,1,12-15H2,2-9H3/b11-10-,23-17?. The first-order chi connectivity index (χ1) is 13.3. The molecule has 2 saturated heterocycles. The van der Waals surface area contributed by atoms with E-state index in [-0.39, 0.29) is 6.09 Å². The summed E-state index contributed by atoms with van der Waals surface area (Å²) < 4.78 is 17.6. The van der Waals surface area contributed by atoms with Gasteiger partial charge in [0.05, 0.1) is 16.8 Å². The molecule has 7 nitrogen and oxygen atoms in total. The van der Waals surface area contributed by atoms with Crippen molar-refractivity contribution in [1.82, 2.24) is 9.80 Å². The Morgan fingerprint density at radius 3 is 1.97 bits per heavy atom. The smallest absolute Gasteiger partial charge is 0.444 e. The fourth-order valence-electron chi connectivity index (χ4n) is 3.01. The number of carbonyl (C=O) groups is 1. The van der Waals surface area contributed by atoms with E-state index >= 15 is 0 Å². The molecule has 0 N–H and O–H groups in total. The molecule has 1 amide bonds. The average Bonchev–Trinajstić information content (AvgIpc) is 2.81. The number of allylic oxidation sites excluding steroid dienone is 2. The minimum Gasteiger partial charge on any atom is -0.444 e. The van der Waals surface area contributed by atoms with Crippen molar-refractivity contribution in [3.63, 3.8) is 0 Å². The first-order valence-electron chi connectivity index (χ1n) is 10.2. The largest absolute Gasteiger partial charge is 0.514 e. The van der Waals surface area contributed by atoms with Gasteiger partial charge in [0.15, 0.2) is 0 Å². The number of piperazine rings is 1. The lowest BCUT2D eigenvalue weighted by Gasteiger charge is -2.37. The Balaban J connectivity index is 1.90. The molecule has 29 heavy (non-hydrogen) atoms. The van der Waals surface area contributed by atoms with Crippen molar-refractivity contribution in [3.8, 4) is 0 Å². The molecule has 2 aliphatic rings. The van der Waals surface area contributed by atoms with Gasteiger partial charge in [0.2, 0.25) is 0 Å². The number of ether oxygens (including phenoxy) is 1. The lowest BCUT2D eigenvalue weighted by molar-refractivity contribution is 0.00578. The van der Waals surface area contributed by atoms with Gasteiger partial charge in [-0.25, -0.2) is 4.79 Å². The summed E-state index contributed by atoms with van der Waals surface area (Å²) in [5.41, 5.74) is 0.292. The second-order valence-electron chi connectivity index (χ2n) is 9.52. The lowest BCUT2D eigenvalue weighted by atomic mass is 9.81. The van der Waals surface area contributed by atoms with Crippen molar-refractivity contribution in [1.29, 1.82) is 0 Å². The summed E-state index contributed by atoms with van der Waals surface area (Å²) in [5.74, 6) is 0. The molecule has 162 valence electrons. The molecule has 2 heterocycles. The Labute approximate surface area is 175 Å². The molecular weight excluding hydrogens is 369 g/mol. The van der Waals surface area contributed by atoms with Crippen molar-refractivity contribution in [2.75, 3.05) is 33.2 Å². The van der Waals surface area contributed by atoms with Crippen LogP contribution in [0.4, 0.5) is 4.79 Å². The molecule has 0 unspecified atom stereocenters. The molecule has 0 atom stereocenters. The van der Waals surface area contributed by atoms with Gasteiger partial charge in [-0.1, -0.05) is 6.58 Å². The van der Waals surface area contributed by atoms with Crippen LogP contribution < -0.4 is 0 Å². The predicted molar refractivity (Wildman–Crippen MR) is 117 cm³/mol. The zero-order chi connectivity index (χ0) is 22.0. The fourth-order valence-corrected chi connectivity index (χ4v) is 3.01. The molecule has 0 aromatic heterocycles. The molecule has 0 saturated carbocycles. The Morgan fingerprint density at radius 2 is 1.52 bits per heavy atom. The van der Waals surface area contributed by atoms with E-state index in [1.54, 1.807) is 11.9 Å². The molecule has 8 heteroatoms. The molecule has 2 fully saturated rings. The molecule has 0 spiro atoms. The normalized spacial score (nSPS) is 22.3. The molecular formula is C21H36BN3O4. The van der Waals surface area contributed by atoms with E-state index in [1.165, 1.54) is 0 Å². The SMILES string of the molecule is C=C(/C=C\C(=NC)B1OC(C)(C)C(C)(C)O1)N1CCN(C(=O)OC(C)(C)C)CC1. The van der Waals surface area contributed by atoms with Gasteiger partial charge in [-0.3, -0.25) is 4.99 Å². The highest BCUT2D eigenvalue weighted by Gasteiger charge is 2.52. The minimum absolute atomic E-state index is 0.264. The third-order valence-corrected chi connectivity index (χ3v) is 5.54. The third-order valence-electron chi connectivity index (χ3n) is 5.54. The highest BCUT2D eigenvalue weighted by Crippen LogP contribution is 2.37. The van der Waals surface area contributed by atoms with Crippen molar-refractivity contribution < 1.29 is 18.8 Å². The van der Waals surface area contributed by atoms with Gasteiger partial charge in [0.1, 0.15) is 5.60 Å². The van der Waals surface area contributed by atoms with Crippen LogP contribution in [0.15, 0.2) is 29.4 Å². The van der Waals surface area contributed by atoms with E-state index in [2.05, 4.69) is 16.5 Å². The van der Waals surface area contributed by atoms with Crippen LogP contribution in [0, 0.1) is 0 Å². The number of rotatable bonds is 4. The summed E-state index contributed by atoms with van der Waals surface area (Å²) in [7, 11) is 1.23. The first-order valence-corrected chi connectivity index (χ1v) is 10.2. The van der Waals surface area contributed by atoms with Crippen LogP contribution >= 0.6 is 0 Å². The first kappa shape index (κ1) is 23.5. The summed E-state index contributed by atoms with van der Waals surface area (Å²) in [6.07, 6.45) is 3.56. The molecule has 0 bridgehead atoms. The van der Waals surface area contributed by atoms with Crippen LogP contribution in [-0.2, 0) is 14.0 Å². The number of nitrogens with zero attached hydrogens (tertiary/aromatic N) is 3. The van der Waals surface area contributed by atoms with Gasteiger partial charge in [-0.2, -0.15) is 0 Å². The maximum Gasteiger partial charge on any atom is 0.514 e. The van der Waals surface area contributed by atoms with E-state index < -0.39 is 23.9 Å². The van der Waals surface area contributed by atoms with Crippen molar-refractivity contribution >= 4 is 18.8 Å². The summed E-state index contributed by atoms with van der Waals surface area (Å²) in [6.45, 7) is 20.5. The zero-order valence-electron chi connectivity index (χ0n) is 19.2. The maximum atomic E-state index is 12.2. The highest BCUT2D eigenvalue weighted by atomic mass is 16.7. The Hall–Kier alpha value is -1.80. The van der Waals surface area contributed by atoms with Gasteiger partial charge in [0.25, 0.3) is 0 Å². The summed E-state index contributed by atoms with van der Waals surface area (Å²) in [4.78, 5) is 20.4. The van der Waals surface area contributed by atoms with Gasteiger partial charge in [-0.05, 0) is 60.6 Å². The molecule has 2 aliphatic heterocycles. The van der Waals surface area contributed by atoms with Gasteiger partial charge >= 0.3 is 13.2 Å². The number of amides is 1. The van der Waals surface area contributed by atoms with Crippen LogP contribution in [0.1, 0.15) is 48.5 Å². The predicted octanol–water partition coefficient (Wildman–Crippen LogP) is 3.31. The summed E-state index contributed by atoms with van der Waals surface area (Å²) >= 11 is 0. The fraction of sp³-hybridized carbons (Fsp3) is 0.714. The Bertz CT molecular complexity index is 671. The van der Waals surface area contributed by atoms with Crippen LogP contribution in [0.25, 0.3) is 0 Å². The molecule has 0 radical (unpaired) electrons. The number of carbonyl (C=O) groups excluding carboxylic acids is 1. The molecule has 0 aliphatic carbocycles. The van der Waals surface area contributed by atoms with E-state index in [1.807, 2.05) is 60.6 Å². The van der Waals surface area contributed by atoms with Crippen LogP contribution in [0.2, 0.25) is 0 Å². The topological polar surface area (TPSA) is 63.6 Å². The summed E-state index contributed by atoms with van der Waals surface area (Å²) in [5, 5.41) is 0. The quantitative estimate of drug-likeness (QED) is 0.408. The van der Waals surface area contributed by atoms with Crippen molar-refractivity contribution in [2.24, 2.45) is 4.99 Å².